The Bertz CT molecular complexity index is 984. The molecule has 1 aliphatic rings. The van der Waals surface area contributed by atoms with Crippen LogP contribution < -0.4 is 15.4 Å². The van der Waals surface area contributed by atoms with Crippen LogP contribution in [0, 0.1) is 12.8 Å². The van der Waals surface area contributed by atoms with Crippen molar-refractivity contribution in [3.63, 3.8) is 0 Å². The van der Waals surface area contributed by atoms with Gasteiger partial charge in [-0.2, -0.15) is 5.10 Å². The molecule has 0 aliphatic carbocycles. The van der Waals surface area contributed by atoms with E-state index in [1.54, 1.807) is 4.68 Å². The normalized spacial score (nSPS) is 18.6. The van der Waals surface area contributed by atoms with E-state index in [0.29, 0.717) is 13.1 Å². The molecule has 3 aromatic rings. The van der Waals surface area contributed by atoms with Gasteiger partial charge in [-0.3, -0.25) is 9.48 Å². The molecular weight excluding hydrogens is 364 g/mol. The monoisotopic (exact) mass is 390 g/mol. The summed E-state index contributed by atoms with van der Waals surface area (Å²) in [5.74, 6) is 1.63. The molecule has 2 atom stereocenters. The van der Waals surface area contributed by atoms with Crippen molar-refractivity contribution in [1.29, 1.82) is 0 Å². The number of nitrogens with zero attached hydrogens (tertiary/aromatic N) is 2. The zero-order valence-corrected chi connectivity index (χ0v) is 16.8. The van der Waals surface area contributed by atoms with Gasteiger partial charge < -0.3 is 15.4 Å². The van der Waals surface area contributed by atoms with Gasteiger partial charge >= 0.3 is 0 Å². The molecule has 1 fully saturated rings. The Balaban J connectivity index is 1.45. The van der Waals surface area contributed by atoms with Crippen LogP contribution in [0.3, 0.4) is 0 Å². The standard InChI is InChI=1S/C23H26N4O2/c1-16-8-9-17(22(10-16)29-19-6-4-3-5-7-19)11-25-23(28)21-14-24-13-20(21)18-12-26-27(2)15-18/h3-10,12,15,20-21,24H,11,13-14H2,1-2H3,(H,25,28)/t20-,21+/m1/s1. The van der Waals surface area contributed by atoms with Gasteiger partial charge in [-0.1, -0.05) is 30.3 Å². The highest BCUT2D eigenvalue weighted by Crippen LogP contribution is 2.29. The molecular formula is C23H26N4O2. The molecule has 2 N–H and O–H groups in total. The van der Waals surface area contributed by atoms with E-state index in [2.05, 4.69) is 15.7 Å². The highest BCUT2D eigenvalue weighted by Gasteiger charge is 2.34. The van der Waals surface area contributed by atoms with Crippen LogP contribution in [-0.4, -0.2) is 28.8 Å². The molecule has 1 amide bonds. The second-order valence-corrected chi connectivity index (χ2v) is 7.56. The average Bonchev–Trinajstić information content (AvgIpc) is 3.37. The molecule has 6 heteroatoms. The number of hydrogen-bond donors (Lipinski definition) is 2. The van der Waals surface area contributed by atoms with Crippen LogP contribution >= 0.6 is 0 Å². The summed E-state index contributed by atoms with van der Waals surface area (Å²) >= 11 is 0. The summed E-state index contributed by atoms with van der Waals surface area (Å²) in [5.41, 5.74) is 3.17. The molecule has 2 heterocycles. The van der Waals surface area contributed by atoms with E-state index in [9.17, 15) is 4.79 Å². The van der Waals surface area contributed by atoms with Gasteiger partial charge in [0, 0.05) is 44.4 Å². The van der Waals surface area contributed by atoms with E-state index >= 15 is 0 Å². The number of carbonyl (C=O) groups excluding carboxylic acids is 1. The summed E-state index contributed by atoms with van der Waals surface area (Å²) in [6.07, 6.45) is 3.84. The lowest BCUT2D eigenvalue weighted by Crippen LogP contribution is -2.34. The maximum Gasteiger partial charge on any atom is 0.225 e. The minimum absolute atomic E-state index is 0.0510. The molecule has 2 aromatic carbocycles. The van der Waals surface area contributed by atoms with Crippen molar-refractivity contribution in [3.05, 3.63) is 77.6 Å². The summed E-state index contributed by atoms with van der Waals surface area (Å²) < 4.78 is 7.85. The number of rotatable bonds is 6. The maximum absolute atomic E-state index is 12.9. The minimum Gasteiger partial charge on any atom is -0.457 e. The van der Waals surface area contributed by atoms with Gasteiger partial charge in [-0.25, -0.2) is 0 Å². The number of ether oxygens (including phenoxy) is 1. The van der Waals surface area contributed by atoms with Crippen LogP contribution in [0.2, 0.25) is 0 Å². The highest BCUT2D eigenvalue weighted by atomic mass is 16.5. The van der Waals surface area contributed by atoms with Crippen molar-refractivity contribution in [3.8, 4) is 11.5 Å². The Morgan fingerprint density at radius 2 is 2.07 bits per heavy atom. The summed E-state index contributed by atoms with van der Waals surface area (Å²) in [5, 5.41) is 10.7. The molecule has 4 rings (SSSR count). The molecule has 29 heavy (non-hydrogen) atoms. The third-order valence-electron chi connectivity index (χ3n) is 5.35. The molecule has 0 unspecified atom stereocenters. The smallest absolute Gasteiger partial charge is 0.225 e. The number of hydrogen-bond acceptors (Lipinski definition) is 4. The fourth-order valence-corrected chi connectivity index (χ4v) is 3.77. The van der Waals surface area contributed by atoms with Gasteiger partial charge in [0.25, 0.3) is 0 Å². The summed E-state index contributed by atoms with van der Waals surface area (Å²) in [4.78, 5) is 12.9. The van der Waals surface area contributed by atoms with E-state index < -0.39 is 0 Å². The van der Waals surface area contributed by atoms with Gasteiger partial charge in [0.15, 0.2) is 0 Å². The Hall–Kier alpha value is -3.12. The van der Waals surface area contributed by atoms with Crippen molar-refractivity contribution in [2.24, 2.45) is 13.0 Å². The number of aryl methyl sites for hydroxylation is 2. The van der Waals surface area contributed by atoms with Crippen LogP contribution in [0.1, 0.15) is 22.6 Å². The number of benzene rings is 2. The Morgan fingerprint density at radius 3 is 2.83 bits per heavy atom. The van der Waals surface area contributed by atoms with Crippen LogP contribution in [0.25, 0.3) is 0 Å². The predicted octanol–water partition coefficient (Wildman–Crippen LogP) is 3.14. The highest BCUT2D eigenvalue weighted by molar-refractivity contribution is 5.80. The van der Waals surface area contributed by atoms with E-state index in [4.69, 9.17) is 4.74 Å². The molecule has 0 bridgehead atoms. The van der Waals surface area contributed by atoms with Gasteiger partial charge in [-0.05, 0) is 36.2 Å². The molecule has 0 radical (unpaired) electrons. The first-order valence-electron chi connectivity index (χ1n) is 9.89. The fourth-order valence-electron chi connectivity index (χ4n) is 3.77. The number of carbonyl (C=O) groups is 1. The van der Waals surface area contributed by atoms with Crippen molar-refractivity contribution in [1.82, 2.24) is 20.4 Å². The lowest BCUT2D eigenvalue weighted by atomic mass is 9.90. The first-order chi connectivity index (χ1) is 14.1. The van der Waals surface area contributed by atoms with Crippen molar-refractivity contribution in [2.45, 2.75) is 19.4 Å². The largest absolute Gasteiger partial charge is 0.457 e. The third-order valence-corrected chi connectivity index (χ3v) is 5.35. The van der Waals surface area contributed by atoms with Crippen LogP contribution in [0.15, 0.2) is 60.9 Å². The number of amides is 1. The lowest BCUT2D eigenvalue weighted by Gasteiger charge is -2.18. The Kier molecular flexibility index (Phi) is 5.62. The molecule has 150 valence electrons. The molecule has 6 nitrogen and oxygen atoms in total. The van der Waals surface area contributed by atoms with E-state index in [-0.39, 0.29) is 17.7 Å². The van der Waals surface area contributed by atoms with Crippen molar-refractivity contribution < 1.29 is 9.53 Å². The lowest BCUT2D eigenvalue weighted by molar-refractivity contribution is -0.125. The van der Waals surface area contributed by atoms with Gasteiger partial charge in [0.1, 0.15) is 11.5 Å². The molecule has 1 saturated heterocycles. The van der Waals surface area contributed by atoms with Gasteiger partial charge in [0.05, 0.1) is 12.1 Å². The second kappa shape index (κ2) is 8.49. The summed E-state index contributed by atoms with van der Waals surface area (Å²) in [6, 6.07) is 15.7. The van der Waals surface area contributed by atoms with Crippen LogP contribution in [0.4, 0.5) is 0 Å². The maximum atomic E-state index is 12.9. The number of nitrogens with one attached hydrogen (secondary N) is 2. The second-order valence-electron chi connectivity index (χ2n) is 7.56. The molecule has 0 spiro atoms. The average molecular weight is 390 g/mol. The molecule has 1 aliphatic heterocycles. The molecule has 0 saturated carbocycles. The zero-order chi connectivity index (χ0) is 20.2. The quantitative estimate of drug-likeness (QED) is 0.679. The van der Waals surface area contributed by atoms with Crippen LogP contribution in [-0.2, 0) is 18.4 Å². The topological polar surface area (TPSA) is 68.2 Å². The molecule has 1 aromatic heterocycles. The zero-order valence-electron chi connectivity index (χ0n) is 16.8. The summed E-state index contributed by atoms with van der Waals surface area (Å²) in [6.45, 7) is 3.92. The minimum atomic E-state index is -0.108. The van der Waals surface area contributed by atoms with Crippen molar-refractivity contribution in [2.75, 3.05) is 13.1 Å². The number of para-hydroxylation sites is 1. The Morgan fingerprint density at radius 1 is 1.24 bits per heavy atom. The van der Waals surface area contributed by atoms with Crippen molar-refractivity contribution >= 4 is 5.91 Å². The fraction of sp³-hybridized carbons (Fsp3) is 0.304. The van der Waals surface area contributed by atoms with E-state index in [0.717, 1.165) is 34.7 Å². The SMILES string of the molecule is Cc1ccc(CNC(=O)[C@H]2CNC[C@@H]2c2cnn(C)c2)c(Oc2ccccc2)c1. The number of aromatic nitrogens is 2. The van der Waals surface area contributed by atoms with Gasteiger partial charge in [0.2, 0.25) is 5.91 Å². The predicted molar refractivity (Wildman–Crippen MR) is 112 cm³/mol. The Labute approximate surface area is 170 Å². The first kappa shape index (κ1) is 19.2. The van der Waals surface area contributed by atoms with Crippen LogP contribution in [0.5, 0.6) is 11.5 Å². The van der Waals surface area contributed by atoms with E-state index in [1.807, 2.05) is 74.9 Å². The van der Waals surface area contributed by atoms with Gasteiger partial charge in [-0.15, -0.1) is 0 Å². The van der Waals surface area contributed by atoms with E-state index in [1.165, 1.54) is 0 Å². The first-order valence-corrected chi connectivity index (χ1v) is 9.89. The third kappa shape index (κ3) is 4.49. The summed E-state index contributed by atoms with van der Waals surface area (Å²) in [7, 11) is 1.90.